The predicted octanol–water partition coefficient (Wildman–Crippen LogP) is 2.93. The first kappa shape index (κ1) is 12.1. The lowest BCUT2D eigenvalue weighted by Crippen LogP contribution is -2.23. The largest absolute Gasteiger partial charge is 0.492 e. The van der Waals surface area contributed by atoms with Crippen LogP contribution in [0.15, 0.2) is 24.3 Å². The van der Waals surface area contributed by atoms with E-state index in [-0.39, 0.29) is 6.04 Å². The van der Waals surface area contributed by atoms with Crippen molar-refractivity contribution in [1.82, 2.24) is 0 Å². The molecule has 2 unspecified atom stereocenters. The zero-order chi connectivity index (χ0) is 11.3. The van der Waals surface area contributed by atoms with Gasteiger partial charge >= 0.3 is 0 Å². The van der Waals surface area contributed by atoms with Crippen LogP contribution in [-0.4, -0.2) is 12.6 Å². The summed E-state index contributed by atoms with van der Waals surface area (Å²) in [6, 6.07) is 8.35. The first-order chi connectivity index (χ1) is 7.13. The van der Waals surface area contributed by atoms with E-state index in [1.807, 2.05) is 19.1 Å². The van der Waals surface area contributed by atoms with Crippen LogP contribution in [0.4, 0.5) is 0 Å². The van der Waals surface area contributed by atoms with Gasteiger partial charge in [-0.15, -0.1) is 0 Å². The van der Waals surface area contributed by atoms with Gasteiger partial charge in [0, 0.05) is 6.04 Å². The molecule has 1 aromatic rings. The summed E-state index contributed by atoms with van der Waals surface area (Å²) in [7, 11) is 0. The van der Waals surface area contributed by atoms with Gasteiger partial charge in [-0.25, -0.2) is 0 Å². The summed E-state index contributed by atoms with van der Waals surface area (Å²) < 4.78 is 5.58. The van der Waals surface area contributed by atoms with Gasteiger partial charge in [0.05, 0.1) is 0 Å². The summed E-state index contributed by atoms with van der Waals surface area (Å²) in [5.41, 5.74) is 6.97. The van der Waals surface area contributed by atoms with Crippen LogP contribution in [0.25, 0.3) is 0 Å². The second kappa shape index (κ2) is 5.76. The van der Waals surface area contributed by atoms with E-state index in [9.17, 15) is 0 Å². The van der Waals surface area contributed by atoms with E-state index < -0.39 is 0 Å². The summed E-state index contributed by atoms with van der Waals surface area (Å²) >= 11 is 0. The average molecular weight is 207 g/mol. The first-order valence-electron chi connectivity index (χ1n) is 5.61. The van der Waals surface area contributed by atoms with Crippen LogP contribution < -0.4 is 10.5 Å². The van der Waals surface area contributed by atoms with E-state index >= 15 is 0 Å². The summed E-state index contributed by atoms with van der Waals surface area (Å²) in [6.45, 7) is 6.94. The van der Waals surface area contributed by atoms with Gasteiger partial charge in [0.25, 0.3) is 0 Å². The van der Waals surface area contributed by atoms with Crippen molar-refractivity contribution in [2.24, 2.45) is 5.73 Å². The number of rotatable bonds is 5. The van der Waals surface area contributed by atoms with E-state index in [2.05, 4.69) is 26.0 Å². The molecule has 0 bridgehead atoms. The molecule has 0 aliphatic carbocycles. The van der Waals surface area contributed by atoms with Crippen molar-refractivity contribution in [3.8, 4) is 5.75 Å². The van der Waals surface area contributed by atoms with Crippen molar-refractivity contribution in [2.45, 2.75) is 39.2 Å². The Bertz CT molecular complexity index is 296. The van der Waals surface area contributed by atoms with Gasteiger partial charge in [-0.3, -0.25) is 0 Å². The molecule has 0 fully saturated rings. The Labute approximate surface area is 92.4 Å². The van der Waals surface area contributed by atoms with Crippen molar-refractivity contribution in [3.63, 3.8) is 0 Å². The van der Waals surface area contributed by atoms with Crippen LogP contribution in [0.3, 0.4) is 0 Å². The fourth-order valence-corrected chi connectivity index (χ4v) is 1.37. The number of benzene rings is 1. The van der Waals surface area contributed by atoms with Crippen LogP contribution in [0.5, 0.6) is 5.75 Å². The topological polar surface area (TPSA) is 35.2 Å². The van der Waals surface area contributed by atoms with E-state index in [1.54, 1.807) is 0 Å². The third-order valence-corrected chi connectivity index (χ3v) is 2.55. The molecule has 2 nitrogen and oxygen atoms in total. The van der Waals surface area contributed by atoms with Crippen LogP contribution in [-0.2, 0) is 0 Å². The summed E-state index contributed by atoms with van der Waals surface area (Å²) in [5.74, 6) is 1.51. The molecule has 0 amide bonds. The molecular weight excluding hydrogens is 186 g/mol. The molecule has 15 heavy (non-hydrogen) atoms. The zero-order valence-electron chi connectivity index (χ0n) is 9.86. The van der Waals surface area contributed by atoms with Gasteiger partial charge in [0.2, 0.25) is 0 Å². The quantitative estimate of drug-likeness (QED) is 0.805. The van der Waals surface area contributed by atoms with Gasteiger partial charge in [0.15, 0.2) is 0 Å². The van der Waals surface area contributed by atoms with Gasteiger partial charge in [-0.1, -0.05) is 26.0 Å². The highest BCUT2D eigenvalue weighted by molar-refractivity contribution is 5.30. The average Bonchev–Trinajstić information content (AvgIpc) is 2.25. The molecule has 2 atom stereocenters. The first-order valence-corrected chi connectivity index (χ1v) is 5.61. The van der Waals surface area contributed by atoms with E-state index in [0.717, 1.165) is 12.2 Å². The van der Waals surface area contributed by atoms with Gasteiger partial charge in [-0.2, -0.15) is 0 Å². The lowest BCUT2D eigenvalue weighted by Gasteiger charge is -2.12. The molecule has 0 radical (unpaired) electrons. The fraction of sp³-hybridized carbons (Fsp3) is 0.538. The highest BCUT2D eigenvalue weighted by Crippen LogP contribution is 2.22. The van der Waals surface area contributed by atoms with Crippen LogP contribution >= 0.6 is 0 Å². The third kappa shape index (κ3) is 3.92. The summed E-state index contributed by atoms with van der Waals surface area (Å²) in [5, 5.41) is 0. The van der Waals surface area contributed by atoms with Crippen molar-refractivity contribution in [2.75, 3.05) is 6.61 Å². The van der Waals surface area contributed by atoms with E-state index in [1.165, 1.54) is 5.56 Å². The highest BCUT2D eigenvalue weighted by Gasteiger charge is 2.04. The minimum atomic E-state index is 0.0808. The maximum Gasteiger partial charge on any atom is 0.119 e. The van der Waals surface area contributed by atoms with Crippen molar-refractivity contribution >= 4 is 0 Å². The Kier molecular flexibility index (Phi) is 4.63. The molecule has 84 valence electrons. The SMILES string of the molecule is CCC(C)c1cccc(OCC(C)N)c1. The summed E-state index contributed by atoms with van der Waals surface area (Å²) in [4.78, 5) is 0. The Morgan fingerprint density at radius 3 is 2.67 bits per heavy atom. The van der Waals surface area contributed by atoms with Crippen LogP contribution in [0.2, 0.25) is 0 Å². The number of ether oxygens (including phenoxy) is 1. The lowest BCUT2D eigenvalue weighted by molar-refractivity contribution is 0.296. The minimum Gasteiger partial charge on any atom is -0.492 e. The van der Waals surface area contributed by atoms with Crippen molar-refractivity contribution in [1.29, 1.82) is 0 Å². The third-order valence-electron chi connectivity index (χ3n) is 2.55. The Balaban J connectivity index is 2.65. The number of hydrogen-bond acceptors (Lipinski definition) is 2. The molecule has 2 heteroatoms. The van der Waals surface area contributed by atoms with Gasteiger partial charge < -0.3 is 10.5 Å². The summed E-state index contributed by atoms with van der Waals surface area (Å²) in [6.07, 6.45) is 1.15. The smallest absolute Gasteiger partial charge is 0.119 e. The van der Waals surface area contributed by atoms with Gasteiger partial charge in [-0.05, 0) is 37.0 Å². The van der Waals surface area contributed by atoms with E-state index in [0.29, 0.717) is 12.5 Å². The Morgan fingerprint density at radius 2 is 2.07 bits per heavy atom. The van der Waals surface area contributed by atoms with Crippen LogP contribution in [0, 0.1) is 0 Å². The normalized spacial score (nSPS) is 14.7. The maximum atomic E-state index is 5.64. The molecule has 1 rings (SSSR count). The second-order valence-electron chi connectivity index (χ2n) is 4.17. The minimum absolute atomic E-state index is 0.0808. The standard InChI is InChI=1S/C13H21NO/c1-4-10(2)12-6-5-7-13(8-12)15-9-11(3)14/h5-8,10-11H,4,9,14H2,1-3H3. The van der Waals surface area contributed by atoms with Gasteiger partial charge in [0.1, 0.15) is 12.4 Å². The molecule has 0 saturated heterocycles. The lowest BCUT2D eigenvalue weighted by atomic mass is 9.99. The maximum absolute atomic E-state index is 5.64. The predicted molar refractivity (Wildman–Crippen MR) is 64.3 cm³/mol. The number of hydrogen-bond donors (Lipinski definition) is 1. The molecule has 2 N–H and O–H groups in total. The van der Waals surface area contributed by atoms with Crippen molar-refractivity contribution < 1.29 is 4.74 Å². The zero-order valence-corrected chi connectivity index (χ0v) is 9.86. The molecule has 0 aromatic heterocycles. The molecular formula is C13H21NO. The fourth-order valence-electron chi connectivity index (χ4n) is 1.37. The molecule has 0 heterocycles. The monoisotopic (exact) mass is 207 g/mol. The molecule has 0 aliphatic heterocycles. The Morgan fingerprint density at radius 1 is 1.33 bits per heavy atom. The van der Waals surface area contributed by atoms with Crippen molar-refractivity contribution in [3.05, 3.63) is 29.8 Å². The second-order valence-corrected chi connectivity index (χ2v) is 4.17. The molecule has 0 saturated carbocycles. The number of nitrogens with two attached hydrogens (primary N) is 1. The Hall–Kier alpha value is -1.02. The van der Waals surface area contributed by atoms with E-state index in [4.69, 9.17) is 10.5 Å². The molecule has 1 aromatic carbocycles. The van der Waals surface area contributed by atoms with Crippen LogP contribution in [0.1, 0.15) is 38.7 Å². The highest BCUT2D eigenvalue weighted by atomic mass is 16.5. The molecule has 0 aliphatic rings. The molecule has 0 spiro atoms.